The van der Waals surface area contributed by atoms with E-state index in [4.69, 9.17) is 11.6 Å². The number of piperidine rings is 1. The van der Waals surface area contributed by atoms with E-state index in [1.165, 1.54) is 18.4 Å². The van der Waals surface area contributed by atoms with Gasteiger partial charge in [-0.3, -0.25) is 9.56 Å². The van der Waals surface area contributed by atoms with Gasteiger partial charge in [-0.1, -0.05) is 62.2 Å². The van der Waals surface area contributed by atoms with Crippen LogP contribution in [0.3, 0.4) is 0 Å². The number of rotatable bonds is 10. The fraction of sp³-hybridized carbons (Fsp3) is 0.441. The van der Waals surface area contributed by atoms with Gasteiger partial charge >= 0.3 is 5.69 Å². The molecule has 0 bridgehead atoms. The van der Waals surface area contributed by atoms with E-state index in [0.29, 0.717) is 34.3 Å². The lowest BCUT2D eigenvalue weighted by Crippen LogP contribution is -2.37. The average molecular weight is 637 g/mol. The lowest BCUT2D eigenvalue weighted by molar-refractivity contribution is 0.320. The highest BCUT2D eigenvalue weighted by molar-refractivity contribution is 8.13. The van der Waals surface area contributed by atoms with E-state index in [2.05, 4.69) is 51.6 Å². The third kappa shape index (κ3) is 7.73. The van der Waals surface area contributed by atoms with Gasteiger partial charge in [0.2, 0.25) is 0 Å². The first-order chi connectivity index (χ1) is 21.2. The largest absolute Gasteiger partial charge is 0.368 e. The number of hydrogen-bond acceptors (Lipinski definition) is 5. The molecule has 0 spiro atoms. The average Bonchev–Trinajstić information content (AvgIpc) is 3.43. The van der Waals surface area contributed by atoms with Gasteiger partial charge in [-0.2, -0.15) is 4.98 Å². The lowest BCUT2D eigenvalue weighted by atomic mass is 9.92. The van der Waals surface area contributed by atoms with Crippen LogP contribution >= 0.6 is 23.4 Å². The maximum Gasteiger partial charge on any atom is 0.354 e. The van der Waals surface area contributed by atoms with Crippen LogP contribution in [-0.2, 0) is 6.42 Å². The zero-order valence-corrected chi connectivity index (χ0v) is 27.5. The van der Waals surface area contributed by atoms with E-state index in [1.54, 1.807) is 28.6 Å². The molecule has 2 unspecified atom stereocenters. The summed E-state index contributed by atoms with van der Waals surface area (Å²) < 4.78 is 16.7. The second kappa shape index (κ2) is 14.8. The number of hydrogen-bond donors (Lipinski definition) is 3. The molecule has 0 radical (unpaired) electrons. The summed E-state index contributed by atoms with van der Waals surface area (Å²) in [5.74, 6) is 1.14. The first kappa shape index (κ1) is 32.3. The molecule has 2 aromatic heterocycles. The highest BCUT2D eigenvalue weighted by Gasteiger charge is 2.22. The summed E-state index contributed by atoms with van der Waals surface area (Å²) in [7, 11) is 3.71. The monoisotopic (exact) mass is 636 g/mol. The van der Waals surface area contributed by atoms with Crippen molar-refractivity contribution in [3.05, 3.63) is 81.1 Å². The molecule has 2 atom stereocenters. The Morgan fingerprint density at radius 2 is 2.02 bits per heavy atom. The number of aromatic nitrogens is 3. The number of nitrogens with one attached hydrogen (secondary N) is 3. The third-order valence-electron chi connectivity index (χ3n) is 8.31. The van der Waals surface area contributed by atoms with Gasteiger partial charge in [-0.15, -0.1) is 0 Å². The van der Waals surface area contributed by atoms with Gasteiger partial charge in [0.1, 0.15) is 5.65 Å². The molecule has 0 amide bonds. The molecule has 4 aromatic rings. The summed E-state index contributed by atoms with van der Waals surface area (Å²) in [6, 6.07) is 14.3. The zero-order chi connectivity index (χ0) is 31.2. The predicted molar refractivity (Wildman–Crippen MR) is 183 cm³/mol. The topological polar surface area (TPSA) is 87.1 Å². The molecule has 3 N–H and O–H groups in total. The number of aromatic amines is 1. The highest BCUT2D eigenvalue weighted by atomic mass is 35.5. The Bertz CT molecular complexity index is 1670. The number of thioether (sulfide) groups is 1. The Morgan fingerprint density at radius 1 is 1.23 bits per heavy atom. The zero-order valence-electron chi connectivity index (χ0n) is 25.9. The molecule has 1 fully saturated rings. The second-order valence-electron chi connectivity index (χ2n) is 12.0. The molecule has 1 aliphatic rings. The van der Waals surface area contributed by atoms with E-state index < -0.39 is 11.5 Å². The first-order valence-corrected chi connectivity index (χ1v) is 16.9. The highest BCUT2D eigenvalue weighted by Crippen LogP contribution is 2.32. The molecule has 0 aliphatic carbocycles. The minimum absolute atomic E-state index is 0.0971. The minimum Gasteiger partial charge on any atom is -0.368 e. The molecule has 44 heavy (non-hydrogen) atoms. The van der Waals surface area contributed by atoms with Crippen molar-refractivity contribution in [2.45, 2.75) is 70.9 Å². The van der Waals surface area contributed by atoms with Crippen LogP contribution in [0.4, 0.5) is 4.39 Å². The number of nitrogens with zero attached hydrogens (tertiary/aromatic N) is 3. The van der Waals surface area contributed by atoms with Crippen LogP contribution in [0.15, 0.2) is 58.4 Å². The van der Waals surface area contributed by atoms with E-state index in [9.17, 15) is 4.79 Å². The number of halogens is 2. The van der Waals surface area contributed by atoms with Gasteiger partial charge in [-0.05, 0) is 79.5 Å². The van der Waals surface area contributed by atoms with Crippen molar-refractivity contribution in [3.63, 3.8) is 0 Å². The van der Waals surface area contributed by atoms with Crippen LogP contribution in [0, 0.1) is 11.7 Å². The van der Waals surface area contributed by atoms with Crippen molar-refractivity contribution in [1.82, 2.24) is 25.2 Å². The molecular weight excluding hydrogens is 595 g/mol. The van der Waals surface area contributed by atoms with Crippen LogP contribution in [-0.4, -0.2) is 45.6 Å². The number of aryl methyl sites for hydroxylation is 1. The van der Waals surface area contributed by atoms with Crippen molar-refractivity contribution < 1.29 is 4.39 Å². The van der Waals surface area contributed by atoms with Crippen molar-refractivity contribution in [2.24, 2.45) is 10.9 Å². The number of benzene rings is 2. The second-order valence-corrected chi connectivity index (χ2v) is 13.5. The van der Waals surface area contributed by atoms with Crippen LogP contribution in [0.2, 0.25) is 5.02 Å². The molecule has 5 rings (SSSR count). The molecule has 1 aliphatic heterocycles. The SMILES string of the molecule is CN=C(NC)SCCC1CCCC(c2ccc(-n3cc4cc(-c5cc(CCCC(C)C)cc(Cl)c5F)[nH]c4nc3=O)cc2)N1. The lowest BCUT2D eigenvalue weighted by Gasteiger charge is -2.31. The predicted octanol–water partition coefficient (Wildman–Crippen LogP) is 7.66. The number of H-pyrrole nitrogens is 1. The van der Waals surface area contributed by atoms with Gasteiger partial charge < -0.3 is 15.6 Å². The summed E-state index contributed by atoms with van der Waals surface area (Å²) >= 11 is 8.04. The van der Waals surface area contributed by atoms with E-state index in [-0.39, 0.29) is 11.1 Å². The molecule has 0 saturated carbocycles. The Morgan fingerprint density at radius 3 is 2.75 bits per heavy atom. The fourth-order valence-corrected chi connectivity index (χ4v) is 7.06. The van der Waals surface area contributed by atoms with Crippen LogP contribution in [0.5, 0.6) is 0 Å². The van der Waals surface area contributed by atoms with Crippen molar-refractivity contribution >= 4 is 39.6 Å². The van der Waals surface area contributed by atoms with Crippen molar-refractivity contribution in [1.29, 1.82) is 0 Å². The molecule has 234 valence electrons. The van der Waals surface area contributed by atoms with Gasteiger partial charge in [-0.25, -0.2) is 9.18 Å². The van der Waals surface area contributed by atoms with Crippen LogP contribution in [0.1, 0.15) is 69.5 Å². The van der Waals surface area contributed by atoms with Gasteiger partial charge in [0.25, 0.3) is 0 Å². The maximum absolute atomic E-state index is 15.2. The number of fused-ring (bicyclic) bond motifs is 1. The Kier molecular flexibility index (Phi) is 10.8. The van der Waals surface area contributed by atoms with Gasteiger partial charge in [0, 0.05) is 49.1 Å². The summed E-state index contributed by atoms with van der Waals surface area (Å²) in [6.45, 7) is 4.39. The van der Waals surface area contributed by atoms with E-state index in [0.717, 1.165) is 54.3 Å². The third-order valence-corrected chi connectivity index (χ3v) is 9.69. The van der Waals surface area contributed by atoms with Gasteiger partial charge in [0.15, 0.2) is 11.0 Å². The molecule has 7 nitrogen and oxygen atoms in total. The van der Waals surface area contributed by atoms with Crippen molar-refractivity contribution in [2.75, 3.05) is 19.8 Å². The van der Waals surface area contributed by atoms with E-state index in [1.807, 2.05) is 38.4 Å². The Hall–Kier alpha value is -3.14. The number of aliphatic imine (C=N–C) groups is 1. The molecule has 2 aromatic carbocycles. The number of amidine groups is 1. The molecule has 1 saturated heterocycles. The van der Waals surface area contributed by atoms with Gasteiger partial charge in [0.05, 0.1) is 16.4 Å². The summed E-state index contributed by atoms with van der Waals surface area (Å²) in [5.41, 5.74) is 3.89. The molecule has 10 heteroatoms. The standard InChI is InChI=1S/C34H42ClFN6OS/c1-21(2)7-5-8-22-17-27(31(36)28(35)18-22)30-19-24-20-42(34(43)41-32(24)40-30)26-13-11-23(12-14-26)29-10-6-9-25(39-29)15-16-44-33(37-3)38-4/h11-14,17-21,25,29,39H,5-10,15-16H2,1-4H3,(H,37,38)(H,40,41,43). The smallest absolute Gasteiger partial charge is 0.354 e. The first-order valence-electron chi connectivity index (χ1n) is 15.5. The van der Waals surface area contributed by atoms with Crippen LogP contribution in [0.25, 0.3) is 28.0 Å². The maximum atomic E-state index is 15.2. The minimum atomic E-state index is -0.480. The summed E-state index contributed by atoms with van der Waals surface area (Å²) in [4.78, 5) is 24.7. The molecule has 3 heterocycles. The normalized spacial score (nSPS) is 17.5. The van der Waals surface area contributed by atoms with E-state index >= 15 is 4.39 Å². The van der Waals surface area contributed by atoms with Crippen molar-refractivity contribution in [3.8, 4) is 16.9 Å². The fourth-order valence-electron chi connectivity index (χ4n) is 5.95. The summed E-state index contributed by atoms with van der Waals surface area (Å²) in [6.07, 6.45) is 9.21. The van der Waals surface area contributed by atoms with Crippen LogP contribution < -0.4 is 16.3 Å². The Labute approximate surface area is 268 Å². The Balaban J connectivity index is 1.31. The molecular formula is C34H42ClFN6OS. The quantitative estimate of drug-likeness (QED) is 0.123. The summed E-state index contributed by atoms with van der Waals surface area (Å²) in [5, 5.41) is 8.72.